The minimum absolute atomic E-state index is 0.192. The molecule has 0 aliphatic carbocycles. The van der Waals surface area contributed by atoms with Gasteiger partial charge in [-0.05, 0) is 42.3 Å². The number of hydrogen-bond acceptors (Lipinski definition) is 1. The van der Waals surface area contributed by atoms with Crippen molar-refractivity contribution in [3.05, 3.63) is 70.5 Å². The van der Waals surface area contributed by atoms with Crippen LogP contribution < -0.4 is 5.32 Å². The molecule has 20 heavy (non-hydrogen) atoms. The fourth-order valence-electron chi connectivity index (χ4n) is 2.32. The highest BCUT2D eigenvalue weighted by Crippen LogP contribution is 2.25. The summed E-state index contributed by atoms with van der Waals surface area (Å²) in [7, 11) is 0. The van der Waals surface area contributed by atoms with Gasteiger partial charge >= 0.3 is 0 Å². The Morgan fingerprint density at radius 1 is 1.15 bits per heavy atom. The molecule has 2 aromatic rings. The summed E-state index contributed by atoms with van der Waals surface area (Å²) in [6.07, 6.45) is 0.802. The molecule has 0 aliphatic heterocycles. The van der Waals surface area contributed by atoms with Crippen LogP contribution in [0.2, 0.25) is 5.02 Å². The first-order valence-electron chi connectivity index (χ1n) is 6.90. The van der Waals surface area contributed by atoms with Gasteiger partial charge in [0.1, 0.15) is 5.82 Å². The Morgan fingerprint density at radius 3 is 2.65 bits per heavy atom. The molecule has 1 unspecified atom stereocenters. The summed E-state index contributed by atoms with van der Waals surface area (Å²) in [6.45, 7) is 3.78. The van der Waals surface area contributed by atoms with Crippen LogP contribution in [0.15, 0.2) is 48.5 Å². The predicted molar refractivity (Wildman–Crippen MR) is 82.8 cm³/mol. The Morgan fingerprint density at radius 2 is 1.95 bits per heavy atom. The van der Waals surface area contributed by atoms with Gasteiger partial charge in [-0.2, -0.15) is 0 Å². The van der Waals surface area contributed by atoms with E-state index >= 15 is 0 Å². The molecule has 0 aromatic heterocycles. The fourth-order valence-corrected chi connectivity index (χ4v) is 2.53. The van der Waals surface area contributed by atoms with Crippen LogP contribution >= 0.6 is 11.6 Å². The third-order valence-electron chi connectivity index (χ3n) is 3.38. The number of hydrogen-bond donors (Lipinski definition) is 1. The molecule has 2 aromatic carbocycles. The third kappa shape index (κ3) is 4.06. The molecule has 0 heterocycles. The van der Waals surface area contributed by atoms with E-state index in [9.17, 15) is 4.39 Å². The number of halogens is 2. The van der Waals surface area contributed by atoms with E-state index < -0.39 is 0 Å². The summed E-state index contributed by atoms with van der Waals surface area (Å²) in [5.41, 5.74) is 2.10. The summed E-state index contributed by atoms with van der Waals surface area (Å²) in [6, 6.07) is 14.7. The average Bonchev–Trinajstić information content (AvgIpc) is 2.45. The van der Waals surface area contributed by atoms with Gasteiger partial charge in [0.05, 0.1) is 0 Å². The molecule has 0 aliphatic rings. The molecule has 0 spiro atoms. The second-order valence-corrected chi connectivity index (χ2v) is 5.26. The van der Waals surface area contributed by atoms with Crippen LogP contribution in [0.3, 0.4) is 0 Å². The van der Waals surface area contributed by atoms with Gasteiger partial charge in [0.2, 0.25) is 0 Å². The Balaban J connectivity index is 2.21. The van der Waals surface area contributed by atoms with E-state index in [2.05, 4.69) is 12.2 Å². The molecular formula is C17H19ClFN. The lowest BCUT2D eigenvalue weighted by Crippen LogP contribution is -2.22. The van der Waals surface area contributed by atoms with Crippen molar-refractivity contribution in [2.24, 2.45) is 0 Å². The highest BCUT2D eigenvalue weighted by molar-refractivity contribution is 6.31. The molecular weight excluding hydrogens is 273 g/mol. The minimum Gasteiger partial charge on any atom is -0.316 e. The SMILES string of the molecule is CCNCC(Cc1ccccc1Cl)c1cccc(F)c1. The van der Waals surface area contributed by atoms with Crippen LogP contribution in [-0.2, 0) is 6.42 Å². The lowest BCUT2D eigenvalue weighted by molar-refractivity contribution is 0.583. The van der Waals surface area contributed by atoms with Gasteiger partial charge < -0.3 is 5.32 Å². The van der Waals surface area contributed by atoms with Gasteiger partial charge in [0.25, 0.3) is 0 Å². The van der Waals surface area contributed by atoms with Gasteiger partial charge in [-0.1, -0.05) is 48.9 Å². The number of benzene rings is 2. The topological polar surface area (TPSA) is 12.0 Å². The quantitative estimate of drug-likeness (QED) is 0.831. The molecule has 0 bridgehead atoms. The molecule has 1 atom stereocenters. The smallest absolute Gasteiger partial charge is 0.123 e. The van der Waals surface area contributed by atoms with E-state index in [0.717, 1.165) is 35.7 Å². The lowest BCUT2D eigenvalue weighted by atomic mass is 9.91. The van der Waals surface area contributed by atoms with E-state index in [-0.39, 0.29) is 11.7 Å². The molecule has 0 fully saturated rings. The summed E-state index contributed by atoms with van der Waals surface area (Å²) >= 11 is 6.23. The highest BCUT2D eigenvalue weighted by atomic mass is 35.5. The molecule has 3 heteroatoms. The molecule has 2 rings (SSSR count). The van der Waals surface area contributed by atoms with E-state index in [1.165, 1.54) is 6.07 Å². The van der Waals surface area contributed by atoms with Crippen molar-refractivity contribution in [3.8, 4) is 0 Å². The summed E-state index contributed by atoms with van der Waals surface area (Å²) < 4.78 is 13.4. The van der Waals surface area contributed by atoms with Crippen molar-refractivity contribution in [1.82, 2.24) is 5.32 Å². The third-order valence-corrected chi connectivity index (χ3v) is 3.75. The van der Waals surface area contributed by atoms with Gasteiger partial charge in [0.15, 0.2) is 0 Å². The van der Waals surface area contributed by atoms with Gasteiger partial charge in [0, 0.05) is 17.5 Å². The molecule has 0 radical (unpaired) electrons. The van der Waals surface area contributed by atoms with Gasteiger partial charge in [-0.15, -0.1) is 0 Å². The van der Waals surface area contributed by atoms with Gasteiger partial charge in [-0.25, -0.2) is 4.39 Å². The molecule has 0 saturated heterocycles. The fraction of sp³-hybridized carbons (Fsp3) is 0.294. The summed E-state index contributed by atoms with van der Waals surface area (Å²) in [5, 5.41) is 4.11. The van der Waals surface area contributed by atoms with E-state index in [0.29, 0.717) is 0 Å². The van der Waals surface area contributed by atoms with Crippen molar-refractivity contribution in [2.75, 3.05) is 13.1 Å². The summed E-state index contributed by atoms with van der Waals surface area (Å²) in [4.78, 5) is 0. The standard InChI is InChI=1S/C17H19ClFN/c1-2-20-12-15(13-7-5-8-16(19)11-13)10-14-6-3-4-9-17(14)18/h3-9,11,15,20H,2,10,12H2,1H3. The number of rotatable bonds is 6. The summed E-state index contributed by atoms with van der Waals surface area (Å²) in [5.74, 6) is 0.0220. The second-order valence-electron chi connectivity index (χ2n) is 4.86. The molecule has 0 saturated carbocycles. The average molecular weight is 292 g/mol. The molecule has 0 amide bonds. The van der Waals surface area contributed by atoms with E-state index in [1.807, 2.05) is 30.3 Å². The monoisotopic (exact) mass is 291 g/mol. The normalized spacial score (nSPS) is 12.3. The second kappa shape index (κ2) is 7.41. The molecule has 106 valence electrons. The largest absolute Gasteiger partial charge is 0.316 e. The molecule has 1 nitrogen and oxygen atoms in total. The van der Waals surface area contributed by atoms with Crippen molar-refractivity contribution < 1.29 is 4.39 Å². The predicted octanol–water partition coefficient (Wildman–Crippen LogP) is 4.41. The Kier molecular flexibility index (Phi) is 5.57. The van der Waals surface area contributed by atoms with Crippen molar-refractivity contribution in [2.45, 2.75) is 19.3 Å². The van der Waals surface area contributed by atoms with Crippen molar-refractivity contribution in [3.63, 3.8) is 0 Å². The first kappa shape index (κ1) is 15.0. The van der Waals surface area contributed by atoms with Crippen LogP contribution in [0.4, 0.5) is 4.39 Å². The van der Waals surface area contributed by atoms with Crippen molar-refractivity contribution in [1.29, 1.82) is 0 Å². The van der Waals surface area contributed by atoms with Crippen LogP contribution in [0.25, 0.3) is 0 Å². The van der Waals surface area contributed by atoms with Crippen LogP contribution in [0.1, 0.15) is 24.0 Å². The van der Waals surface area contributed by atoms with Crippen molar-refractivity contribution >= 4 is 11.6 Å². The Hall–Kier alpha value is -1.38. The Labute approximate surface area is 124 Å². The van der Waals surface area contributed by atoms with Crippen LogP contribution in [0.5, 0.6) is 0 Å². The van der Waals surface area contributed by atoms with Crippen LogP contribution in [0, 0.1) is 5.82 Å². The lowest BCUT2D eigenvalue weighted by Gasteiger charge is -2.18. The highest BCUT2D eigenvalue weighted by Gasteiger charge is 2.14. The van der Waals surface area contributed by atoms with Crippen LogP contribution in [-0.4, -0.2) is 13.1 Å². The first-order chi connectivity index (χ1) is 9.70. The van der Waals surface area contributed by atoms with E-state index in [1.54, 1.807) is 12.1 Å². The first-order valence-corrected chi connectivity index (χ1v) is 7.28. The zero-order valence-electron chi connectivity index (χ0n) is 11.6. The van der Waals surface area contributed by atoms with E-state index in [4.69, 9.17) is 11.6 Å². The zero-order valence-corrected chi connectivity index (χ0v) is 12.3. The Bertz CT molecular complexity index is 556. The van der Waals surface area contributed by atoms with Gasteiger partial charge in [-0.3, -0.25) is 0 Å². The maximum atomic E-state index is 13.4. The minimum atomic E-state index is -0.192. The number of nitrogens with one attached hydrogen (secondary N) is 1. The maximum absolute atomic E-state index is 13.4. The maximum Gasteiger partial charge on any atom is 0.123 e. The zero-order chi connectivity index (χ0) is 14.4. The number of likely N-dealkylation sites (N-methyl/N-ethyl adjacent to an activating group) is 1. The molecule has 1 N–H and O–H groups in total.